The number of aliphatic hydroxyl groups excluding tert-OH is 1. The van der Waals surface area contributed by atoms with Gasteiger partial charge in [0.15, 0.2) is 0 Å². The molecule has 1 aromatic rings. The first-order valence-electron chi connectivity index (χ1n) is 7.37. The van der Waals surface area contributed by atoms with Gasteiger partial charge >= 0.3 is 7.12 Å². The zero-order chi connectivity index (χ0) is 15.7. The average Bonchev–Trinajstić information content (AvgIpc) is 2.56. The number of aliphatic hydroxyl groups is 1. The molecule has 5 heteroatoms. The van der Waals surface area contributed by atoms with Crippen LogP contribution in [0.4, 0.5) is 0 Å². The predicted octanol–water partition coefficient (Wildman–Crippen LogP) is 2.65. The van der Waals surface area contributed by atoms with Gasteiger partial charge in [-0.25, -0.2) is 0 Å². The summed E-state index contributed by atoms with van der Waals surface area (Å²) in [5.41, 5.74) is 1.19. The third-order valence-corrected chi connectivity index (χ3v) is 4.12. The maximum absolute atomic E-state index is 9.53. The van der Waals surface area contributed by atoms with E-state index in [1.807, 2.05) is 51.9 Å². The van der Waals surface area contributed by atoms with Gasteiger partial charge < -0.3 is 14.4 Å². The molecule has 1 fully saturated rings. The second-order valence-corrected chi connectivity index (χ2v) is 6.58. The van der Waals surface area contributed by atoms with Crippen LogP contribution in [-0.4, -0.2) is 34.5 Å². The van der Waals surface area contributed by atoms with Crippen molar-refractivity contribution in [2.24, 2.45) is 0 Å². The van der Waals surface area contributed by atoms with Crippen LogP contribution in [-0.2, 0) is 15.7 Å². The van der Waals surface area contributed by atoms with Gasteiger partial charge in [-0.05, 0) is 46.2 Å². The number of rotatable bonds is 4. The van der Waals surface area contributed by atoms with Crippen molar-refractivity contribution in [3.63, 3.8) is 0 Å². The topological polar surface area (TPSA) is 51.6 Å². The molecule has 0 radical (unpaired) electrons. The summed E-state index contributed by atoms with van der Waals surface area (Å²) >= 11 is 0. The summed E-state index contributed by atoms with van der Waals surface area (Å²) in [5, 5.41) is 9.53. The van der Waals surface area contributed by atoms with Crippen LogP contribution in [0.2, 0.25) is 0 Å². The number of nitrogens with zero attached hydrogens (tertiary/aromatic N) is 1. The fraction of sp³-hybridized carbons (Fsp3) is 0.562. The smallest absolute Gasteiger partial charge is 0.400 e. The van der Waals surface area contributed by atoms with Crippen LogP contribution in [0.1, 0.15) is 45.9 Å². The highest BCUT2D eigenvalue weighted by molar-refractivity contribution is 6.52. The fourth-order valence-corrected chi connectivity index (χ4v) is 2.20. The fourth-order valence-electron chi connectivity index (χ4n) is 2.20. The van der Waals surface area contributed by atoms with Crippen molar-refractivity contribution in [2.45, 2.75) is 58.3 Å². The third-order valence-electron chi connectivity index (χ3n) is 4.12. The largest absolute Gasteiger partial charge is 0.487 e. The standard InChI is InChI=1S/C16H24BNO3/c1-12(19)11-14-13(7-6-10-18-14)8-9-17-20-15(2,3)16(4,5)21-17/h6-10,12,19H,11H2,1-5H3/b9-8+. The summed E-state index contributed by atoms with van der Waals surface area (Å²) < 4.78 is 11.9. The normalized spacial score (nSPS) is 21.9. The molecule has 0 aliphatic carbocycles. The molecular formula is C16H24BNO3. The van der Waals surface area contributed by atoms with E-state index < -0.39 is 6.10 Å². The number of pyridine rings is 1. The van der Waals surface area contributed by atoms with Crippen LogP contribution in [0.25, 0.3) is 6.08 Å². The minimum atomic E-state index is -0.413. The Morgan fingerprint density at radius 1 is 1.29 bits per heavy atom. The van der Waals surface area contributed by atoms with Crippen molar-refractivity contribution in [3.8, 4) is 0 Å². The summed E-state index contributed by atoms with van der Waals surface area (Å²) in [6.45, 7) is 9.89. The van der Waals surface area contributed by atoms with E-state index in [9.17, 15) is 5.11 Å². The van der Waals surface area contributed by atoms with E-state index >= 15 is 0 Å². The van der Waals surface area contributed by atoms with Gasteiger partial charge in [0.25, 0.3) is 0 Å². The lowest BCUT2D eigenvalue weighted by atomic mass is 9.88. The van der Waals surface area contributed by atoms with E-state index in [4.69, 9.17) is 9.31 Å². The van der Waals surface area contributed by atoms with Crippen molar-refractivity contribution in [1.29, 1.82) is 0 Å². The van der Waals surface area contributed by atoms with Gasteiger partial charge in [-0.1, -0.05) is 18.1 Å². The molecule has 1 aliphatic rings. The molecule has 1 atom stereocenters. The molecule has 1 unspecified atom stereocenters. The number of aromatic nitrogens is 1. The van der Waals surface area contributed by atoms with Gasteiger partial charge in [0, 0.05) is 12.6 Å². The van der Waals surface area contributed by atoms with Gasteiger partial charge in [-0.3, -0.25) is 4.98 Å². The summed E-state index contributed by atoms with van der Waals surface area (Å²) in [7, 11) is -0.366. The van der Waals surface area contributed by atoms with Crippen molar-refractivity contribution < 1.29 is 14.4 Å². The highest BCUT2D eigenvalue weighted by Crippen LogP contribution is 2.37. The molecule has 0 bridgehead atoms. The Kier molecular flexibility index (Phi) is 4.56. The lowest BCUT2D eigenvalue weighted by Crippen LogP contribution is -2.41. The van der Waals surface area contributed by atoms with Crippen LogP contribution in [0.3, 0.4) is 0 Å². The van der Waals surface area contributed by atoms with E-state index in [0.29, 0.717) is 6.42 Å². The van der Waals surface area contributed by atoms with E-state index in [1.54, 1.807) is 13.1 Å². The summed E-state index contributed by atoms with van der Waals surface area (Å²) in [6, 6.07) is 3.86. The van der Waals surface area contributed by atoms with E-state index in [0.717, 1.165) is 11.3 Å². The Morgan fingerprint density at radius 3 is 2.48 bits per heavy atom. The molecular weight excluding hydrogens is 265 g/mol. The minimum absolute atomic E-state index is 0.334. The molecule has 21 heavy (non-hydrogen) atoms. The van der Waals surface area contributed by atoms with Crippen LogP contribution in [0, 0.1) is 0 Å². The molecule has 0 amide bonds. The molecule has 1 N–H and O–H groups in total. The Bertz CT molecular complexity index is 510. The van der Waals surface area contributed by atoms with Gasteiger partial charge in [0.2, 0.25) is 0 Å². The highest BCUT2D eigenvalue weighted by atomic mass is 16.7. The van der Waals surface area contributed by atoms with E-state index in [1.165, 1.54) is 0 Å². The molecule has 1 saturated heterocycles. The first kappa shape index (κ1) is 16.2. The lowest BCUT2D eigenvalue weighted by molar-refractivity contribution is 0.00578. The van der Waals surface area contributed by atoms with Crippen molar-refractivity contribution in [3.05, 3.63) is 35.6 Å². The Morgan fingerprint density at radius 2 is 1.90 bits per heavy atom. The quantitative estimate of drug-likeness (QED) is 0.866. The molecule has 1 aromatic heterocycles. The summed E-state index contributed by atoms with van der Waals surface area (Å²) in [6.07, 6.45) is 3.81. The second kappa shape index (κ2) is 5.91. The van der Waals surface area contributed by atoms with Crippen LogP contribution in [0.15, 0.2) is 24.3 Å². The molecule has 1 aliphatic heterocycles. The Hall–Kier alpha value is -1.17. The second-order valence-electron chi connectivity index (χ2n) is 6.58. The molecule has 2 heterocycles. The first-order chi connectivity index (χ1) is 9.71. The Balaban J connectivity index is 2.13. The molecule has 0 spiro atoms. The van der Waals surface area contributed by atoms with E-state index in [2.05, 4.69) is 4.98 Å². The van der Waals surface area contributed by atoms with E-state index in [-0.39, 0.29) is 18.3 Å². The summed E-state index contributed by atoms with van der Waals surface area (Å²) in [4.78, 5) is 4.33. The molecule has 2 rings (SSSR count). The monoisotopic (exact) mass is 289 g/mol. The average molecular weight is 289 g/mol. The van der Waals surface area contributed by atoms with Crippen LogP contribution >= 0.6 is 0 Å². The lowest BCUT2D eigenvalue weighted by Gasteiger charge is -2.32. The molecule has 0 aromatic carbocycles. The molecule has 0 saturated carbocycles. The Labute approximate surface area is 127 Å². The summed E-state index contributed by atoms with van der Waals surface area (Å²) in [5.74, 6) is 1.90. The van der Waals surface area contributed by atoms with Crippen LogP contribution < -0.4 is 0 Å². The minimum Gasteiger partial charge on any atom is -0.400 e. The van der Waals surface area contributed by atoms with Gasteiger partial charge in [0.05, 0.1) is 23.0 Å². The molecule has 114 valence electrons. The van der Waals surface area contributed by atoms with Crippen molar-refractivity contribution in [2.75, 3.05) is 0 Å². The third kappa shape index (κ3) is 3.73. The predicted molar refractivity (Wildman–Crippen MR) is 84.7 cm³/mol. The zero-order valence-corrected chi connectivity index (χ0v) is 13.5. The molecule has 4 nitrogen and oxygen atoms in total. The first-order valence-corrected chi connectivity index (χ1v) is 7.37. The number of hydrogen-bond acceptors (Lipinski definition) is 4. The highest BCUT2D eigenvalue weighted by Gasteiger charge is 2.49. The van der Waals surface area contributed by atoms with Crippen LogP contribution in [0.5, 0.6) is 0 Å². The van der Waals surface area contributed by atoms with Crippen molar-refractivity contribution >= 4 is 13.2 Å². The maximum Gasteiger partial charge on any atom is 0.487 e. The van der Waals surface area contributed by atoms with Gasteiger partial charge in [-0.15, -0.1) is 0 Å². The van der Waals surface area contributed by atoms with Gasteiger partial charge in [0.1, 0.15) is 0 Å². The number of hydrogen-bond donors (Lipinski definition) is 1. The van der Waals surface area contributed by atoms with Gasteiger partial charge in [-0.2, -0.15) is 0 Å². The zero-order valence-electron chi connectivity index (χ0n) is 13.5. The SMILES string of the molecule is CC(O)Cc1ncccc1/C=C/B1OC(C)(C)C(C)(C)O1. The van der Waals surface area contributed by atoms with Crippen molar-refractivity contribution in [1.82, 2.24) is 4.98 Å². The maximum atomic E-state index is 9.53.